The lowest BCUT2D eigenvalue weighted by molar-refractivity contribution is 0.418. The van der Waals surface area contributed by atoms with E-state index in [1.54, 1.807) is 0 Å². The molecule has 2 N–H and O–H groups in total. The predicted molar refractivity (Wildman–Crippen MR) is 107 cm³/mol. The fourth-order valence-electron chi connectivity index (χ4n) is 3.17. The number of halogens is 1. The van der Waals surface area contributed by atoms with Gasteiger partial charge in [-0.1, -0.05) is 5.16 Å². The van der Waals surface area contributed by atoms with Crippen molar-refractivity contribution in [2.24, 2.45) is 0 Å². The van der Waals surface area contributed by atoms with E-state index in [-0.39, 0.29) is 24.3 Å². The van der Waals surface area contributed by atoms with Gasteiger partial charge in [-0.25, -0.2) is 9.78 Å². The molecule has 1 atom stereocenters. The molecule has 3 aromatic rings. The molecular weight excluding hydrogens is 384 g/mol. The molecule has 0 amide bonds. The van der Waals surface area contributed by atoms with Crippen molar-refractivity contribution in [2.75, 3.05) is 7.05 Å². The van der Waals surface area contributed by atoms with Crippen LogP contribution in [0.25, 0.3) is 22.5 Å². The van der Waals surface area contributed by atoms with Gasteiger partial charge in [0.15, 0.2) is 11.5 Å². The Kier molecular flexibility index (Phi) is 5.66. The molecule has 3 aromatic heterocycles. The Balaban J connectivity index is 0.00000225. The van der Waals surface area contributed by atoms with E-state index in [0.29, 0.717) is 41.3 Å². The molecule has 0 aliphatic heterocycles. The molecule has 0 radical (unpaired) electrons. The van der Waals surface area contributed by atoms with E-state index in [1.807, 2.05) is 27.0 Å². The Morgan fingerprint density at radius 1 is 1.36 bits per heavy atom. The number of pyridine rings is 1. The predicted octanol–water partition coefficient (Wildman–Crippen LogP) is 1.60. The quantitative estimate of drug-likeness (QED) is 0.638. The summed E-state index contributed by atoms with van der Waals surface area (Å²) >= 11 is 0. The van der Waals surface area contributed by atoms with Crippen LogP contribution in [0.15, 0.2) is 20.2 Å². The van der Waals surface area contributed by atoms with E-state index >= 15 is 0 Å². The van der Waals surface area contributed by atoms with Gasteiger partial charge in [-0.15, -0.1) is 12.4 Å². The number of rotatable bonds is 6. The number of nitrogens with zero attached hydrogens (tertiary/aromatic N) is 4. The van der Waals surface area contributed by atoms with Crippen LogP contribution in [-0.2, 0) is 13.0 Å². The molecule has 1 unspecified atom stereocenters. The van der Waals surface area contributed by atoms with Crippen LogP contribution in [0.2, 0.25) is 0 Å². The number of aromatic nitrogens is 5. The molecule has 4 rings (SSSR count). The Morgan fingerprint density at radius 2 is 2.11 bits per heavy atom. The normalized spacial score (nSPS) is 14.8. The van der Waals surface area contributed by atoms with Crippen LogP contribution < -0.4 is 16.6 Å². The highest BCUT2D eigenvalue weighted by molar-refractivity contribution is 5.90. The molecule has 1 saturated carbocycles. The first-order valence-corrected chi connectivity index (χ1v) is 9.19. The topological polar surface area (TPSA) is 119 Å². The Morgan fingerprint density at radius 3 is 2.75 bits per heavy atom. The van der Waals surface area contributed by atoms with Gasteiger partial charge in [0.25, 0.3) is 11.4 Å². The van der Waals surface area contributed by atoms with Crippen molar-refractivity contribution in [3.05, 3.63) is 38.4 Å². The summed E-state index contributed by atoms with van der Waals surface area (Å²) in [4.78, 5) is 36.2. The first kappa shape index (κ1) is 20.2. The smallest absolute Gasteiger partial charge is 0.329 e. The molecular formula is C18H23ClN6O3. The molecule has 0 bridgehead atoms. The van der Waals surface area contributed by atoms with Crippen molar-refractivity contribution in [1.29, 1.82) is 0 Å². The zero-order valence-corrected chi connectivity index (χ0v) is 16.8. The largest absolute Gasteiger partial charge is 0.334 e. The van der Waals surface area contributed by atoms with Gasteiger partial charge < -0.3 is 9.84 Å². The number of likely N-dealkylation sites (N-methyl/N-ethyl adjacent to an activating group) is 1. The van der Waals surface area contributed by atoms with Crippen molar-refractivity contribution in [3.8, 4) is 11.5 Å². The van der Waals surface area contributed by atoms with Gasteiger partial charge >= 0.3 is 5.69 Å². The molecule has 1 fully saturated rings. The standard InChI is InChI=1S/C18H22N6O3.ClH/c1-4-24-15-14(16(25)22-18(24)26)11(8-12(20-15)10-5-6-10)17-21-13(23-27-17)7-9(2)19-3;/h8-10,19H,4-7H2,1-3H3,(H,22,25,26);1H. The van der Waals surface area contributed by atoms with Gasteiger partial charge in [0.05, 0.1) is 10.9 Å². The van der Waals surface area contributed by atoms with E-state index in [9.17, 15) is 9.59 Å². The van der Waals surface area contributed by atoms with Crippen molar-refractivity contribution >= 4 is 23.4 Å². The van der Waals surface area contributed by atoms with Gasteiger partial charge in [0, 0.05) is 30.6 Å². The summed E-state index contributed by atoms with van der Waals surface area (Å²) in [5.74, 6) is 1.18. The van der Waals surface area contributed by atoms with Gasteiger partial charge in [0.1, 0.15) is 0 Å². The number of nitrogens with one attached hydrogen (secondary N) is 2. The van der Waals surface area contributed by atoms with Gasteiger partial charge in [-0.2, -0.15) is 4.98 Å². The van der Waals surface area contributed by atoms with Crippen LogP contribution in [0.4, 0.5) is 0 Å². The maximum Gasteiger partial charge on any atom is 0.329 e. The van der Waals surface area contributed by atoms with E-state index < -0.39 is 11.2 Å². The molecule has 1 aliphatic carbocycles. The van der Waals surface area contributed by atoms with Crippen LogP contribution in [-0.4, -0.2) is 37.8 Å². The van der Waals surface area contributed by atoms with Crippen LogP contribution in [0.5, 0.6) is 0 Å². The number of aryl methyl sites for hydroxylation is 1. The summed E-state index contributed by atoms with van der Waals surface area (Å²) in [6.45, 7) is 4.27. The second kappa shape index (κ2) is 7.84. The highest BCUT2D eigenvalue weighted by atomic mass is 35.5. The lowest BCUT2D eigenvalue weighted by Gasteiger charge is -2.10. The fraction of sp³-hybridized carbons (Fsp3) is 0.500. The van der Waals surface area contributed by atoms with Crippen LogP contribution in [0.1, 0.15) is 44.1 Å². The SMILES string of the molecule is CCn1c(=O)[nH]c(=O)c2c(-c3nc(CC(C)NC)no3)cc(C3CC3)nc21.Cl. The van der Waals surface area contributed by atoms with Crippen molar-refractivity contribution in [1.82, 2.24) is 30.0 Å². The zero-order chi connectivity index (χ0) is 19.1. The third-order valence-corrected chi connectivity index (χ3v) is 4.96. The Labute approximate surface area is 167 Å². The minimum Gasteiger partial charge on any atom is -0.334 e. The summed E-state index contributed by atoms with van der Waals surface area (Å²) < 4.78 is 6.93. The van der Waals surface area contributed by atoms with E-state index in [2.05, 4.69) is 25.4 Å². The van der Waals surface area contributed by atoms with Crippen LogP contribution in [0, 0.1) is 0 Å². The molecule has 0 saturated heterocycles. The zero-order valence-electron chi connectivity index (χ0n) is 16.0. The maximum atomic E-state index is 12.6. The summed E-state index contributed by atoms with van der Waals surface area (Å²) in [5, 5.41) is 7.47. The number of hydrogen-bond donors (Lipinski definition) is 2. The molecule has 3 heterocycles. The van der Waals surface area contributed by atoms with Crippen molar-refractivity contribution < 1.29 is 4.52 Å². The number of aromatic amines is 1. The minimum absolute atomic E-state index is 0. The molecule has 0 aromatic carbocycles. The molecule has 10 heteroatoms. The first-order chi connectivity index (χ1) is 13.0. The number of fused-ring (bicyclic) bond motifs is 1. The van der Waals surface area contributed by atoms with Gasteiger partial charge in [0.2, 0.25) is 0 Å². The highest BCUT2D eigenvalue weighted by Crippen LogP contribution is 2.41. The maximum absolute atomic E-state index is 12.6. The minimum atomic E-state index is -0.493. The Bertz CT molecular complexity index is 1110. The van der Waals surface area contributed by atoms with Crippen LogP contribution in [0.3, 0.4) is 0 Å². The Hall–Kier alpha value is -2.52. The molecule has 28 heavy (non-hydrogen) atoms. The average Bonchev–Trinajstić information content (AvgIpc) is 3.40. The second-order valence-electron chi connectivity index (χ2n) is 6.98. The summed E-state index contributed by atoms with van der Waals surface area (Å²) in [5.41, 5.74) is 0.798. The number of hydrogen-bond acceptors (Lipinski definition) is 7. The molecule has 9 nitrogen and oxygen atoms in total. The van der Waals surface area contributed by atoms with Crippen molar-refractivity contribution in [3.63, 3.8) is 0 Å². The number of H-pyrrole nitrogens is 1. The average molecular weight is 407 g/mol. The van der Waals surface area contributed by atoms with Crippen LogP contribution >= 0.6 is 12.4 Å². The van der Waals surface area contributed by atoms with E-state index in [1.165, 1.54) is 4.57 Å². The van der Waals surface area contributed by atoms with E-state index in [0.717, 1.165) is 18.5 Å². The van der Waals surface area contributed by atoms with E-state index in [4.69, 9.17) is 4.52 Å². The van der Waals surface area contributed by atoms with Gasteiger partial charge in [-0.05, 0) is 39.8 Å². The summed E-state index contributed by atoms with van der Waals surface area (Å²) in [6, 6.07) is 2.04. The lowest BCUT2D eigenvalue weighted by Crippen LogP contribution is -2.31. The van der Waals surface area contributed by atoms with Gasteiger partial charge in [-0.3, -0.25) is 14.3 Å². The lowest BCUT2D eigenvalue weighted by atomic mass is 10.1. The molecule has 1 aliphatic rings. The third-order valence-electron chi connectivity index (χ3n) is 4.96. The second-order valence-corrected chi connectivity index (χ2v) is 6.98. The summed E-state index contributed by atoms with van der Waals surface area (Å²) in [6.07, 6.45) is 2.70. The molecule has 150 valence electrons. The monoisotopic (exact) mass is 406 g/mol. The molecule has 0 spiro atoms. The summed E-state index contributed by atoms with van der Waals surface area (Å²) in [7, 11) is 1.87. The fourth-order valence-corrected chi connectivity index (χ4v) is 3.17. The van der Waals surface area contributed by atoms with Crippen molar-refractivity contribution in [2.45, 2.75) is 51.6 Å². The third kappa shape index (κ3) is 3.59. The first-order valence-electron chi connectivity index (χ1n) is 9.19. The highest BCUT2D eigenvalue weighted by Gasteiger charge is 2.28.